The van der Waals surface area contributed by atoms with Gasteiger partial charge in [0.05, 0.1) is 0 Å². The van der Waals surface area contributed by atoms with Gasteiger partial charge >= 0.3 is 0 Å². The van der Waals surface area contributed by atoms with Gasteiger partial charge in [-0.3, -0.25) is 9.69 Å². The third kappa shape index (κ3) is 2.38. The summed E-state index contributed by atoms with van der Waals surface area (Å²) in [6.07, 6.45) is 4.96. The van der Waals surface area contributed by atoms with E-state index in [1.807, 2.05) is 12.1 Å². The van der Waals surface area contributed by atoms with Crippen LogP contribution in [-0.2, 0) is 4.79 Å². The molecule has 1 saturated carbocycles. The minimum absolute atomic E-state index is 0.136. The van der Waals surface area contributed by atoms with Crippen molar-refractivity contribution in [3.05, 3.63) is 35.6 Å². The van der Waals surface area contributed by atoms with E-state index >= 15 is 0 Å². The van der Waals surface area contributed by atoms with Gasteiger partial charge < -0.3 is 4.90 Å². The van der Waals surface area contributed by atoms with Crippen LogP contribution in [0.5, 0.6) is 0 Å². The lowest BCUT2D eigenvalue weighted by Gasteiger charge is -2.33. The Hall–Kier alpha value is -1.42. The molecule has 3 heterocycles. The molecule has 0 bridgehead atoms. The summed E-state index contributed by atoms with van der Waals surface area (Å²) in [4.78, 5) is 17.7. The lowest BCUT2D eigenvalue weighted by Crippen LogP contribution is -2.41. The third-order valence-electron chi connectivity index (χ3n) is 6.84. The molecule has 0 aromatic heterocycles. The molecule has 4 heteroatoms. The summed E-state index contributed by atoms with van der Waals surface area (Å²) in [5, 5.41) is 0. The van der Waals surface area contributed by atoms with Crippen LogP contribution < -0.4 is 0 Å². The van der Waals surface area contributed by atoms with Gasteiger partial charge in [0.25, 0.3) is 0 Å². The normalized spacial score (nSPS) is 38.0. The molecule has 1 aromatic carbocycles. The molecule has 4 aliphatic rings. The minimum atomic E-state index is -0.202. The number of fused-ring (bicyclic) bond motifs is 3. The molecule has 128 valence electrons. The average molecular weight is 328 g/mol. The molecular formula is C20H25FN2O. The summed E-state index contributed by atoms with van der Waals surface area (Å²) in [5.74, 6) is 1.99. The number of amides is 1. The quantitative estimate of drug-likeness (QED) is 0.833. The predicted molar refractivity (Wildman–Crippen MR) is 90.0 cm³/mol. The average Bonchev–Trinajstić information content (AvgIpc) is 3.16. The minimum Gasteiger partial charge on any atom is -0.342 e. The van der Waals surface area contributed by atoms with Crippen molar-refractivity contribution < 1.29 is 9.18 Å². The van der Waals surface area contributed by atoms with E-state index in [4.69, 9.17) is 0 Å². The van der Waals surface area contributed by atoms with Gasteiger partial charge in [0.2, 0.25) is 5.91 Å². The number of halogens is 1. The number of hydrogen-bond acceptors (Lipinski definition) is 2. The fourth-order valence-corrected chi connectivity index (χ4v) is 5.52. The van der Waals surface area contributed by atoms with Gasteiger partial charge in [0.1, 0.15) is 5.82 Å². The summed E-state index contributed by atoms with van der Waals surface area (Å²) in [6, 6.07) is 7.42. The number of hydrogen-bond donors (Lipinski definition) is 0. The first-order chi connectivity index (χ1) is 11.7. The Morgan fingerprint density at radius 3 is 2.75 bits per heavy atom. The molecular weight excluding hydrogens is 303 g/mol. The second kappa shape index (κ2) is 5.55. The van der Waals surface area contributed by atoms with Crippen LogP contribution in [0.2, 0.25) is 0 Å². The standard InChI is InChI=1S/C20H25FN2O/c21-15-6-4-13(5-7-15)16-9-17(16)20(24)23-11-14-10-22-8-2-1-3-19(22)18(14)12-23/h4-7,14,16-19H,1-3,8-12H2/t14-,16+,17+,18+,19-/m0/s1. The van der Waals surface area contributed by atoms with E-state index < -0.39 is 0 Å². The van der Waals surface area contributed by atoms with E-state index in [1.54, 1.807) is 0 Å². The molecule has 4 fully saturated rings. The first-order valence-electron chi connectivity index (χ1n) is 9.49. The van der Waals surface area contributed by atoms with Gasteiger partial charge in [-0.15, -0.1) is 0 Å². The van der Waals surface area contributed by atoms with Gasteiger partial charge in [-0.25, -0.2) is 4.39 Å². The molecule has 0 N–H and O–H groups in total. The molecule has 3 aliphatic heterocycles. The van der Waals surface area contributed by atoms with E-state index in [9.17, 15) is 9.18 Å². The van der Waals surface area contributed by atoms with Crippen LogP contribution in [0.4, 0.5) is 4.39 Å². The van der Waals surface area contributed by atoms with Crippen molar-refractivity contribution in [2.75, 3.05) is 26.2 Å². The van der Waals surface area contributed by atoms with E-state index in [2.05, 4.69) is 9.80 Å². The van der Waals surface area contributed by atoms with Gasteiger partial charge in [-0.05, 0) is 61.3 Å². The van der Waals surface area contributed by atoms with Gasteiger partial charge in [-0.2, -0.15) is 0 Å². The molecule has 1 aliphatic carbocycles. The van der Waals surface area contributed by atoms with Crippen LogP contribution in [0.3, 0.4) is 0 Å². The van der Waals surface area contributed by atoms with Gasteiger partial charge in [0, 0.05) is 31.6 Å². The van der Waals surface area contributed by atoms with Crippen LogP contribution >= 0.6 is 0 Å². The number of likely N-dealkylation sites (tertiary alicyclic amines) is 1. The first-order valence-corrected chi connectivity index (χ1v) is 9.49. The highest BCUT2D eigenvalue weighted by Gasteiger charge is 2.52. The maximum Gasteiger partial charge on any atom is 0.226 e. The Kier molecular flexibility index (Phi) is 3.44. The SMILES string of the molecule is O=C([C@@H]1C[C@@H]1c1ccc(F)cc1)N1C[C@@H]2CN3CCCC[C@H]3[C@@H]2C1. The Bertz CT molecular complexity index is 646. The highest BCUT2D eigenvalue weighted by Crippen LogP contribution is 2.50. The van der Waals surface area contributed by atoms with Crippen molar-refractivity contribution in [2.24, 2.45) is 17.8 Å². The van der Waals surface area contributed by atoms with Crippen LogP contribution in [0.25, 0.3) is 0 Å². The predicted octanol–water partition coefficient (Wildman–Crippen LogP) is 2.87. The lowest BCUT2D eigenvalue weighted by molar-refractivity contribution is -0.132. The van der Waals surface area contributed by atoms with Crippen LogP contribution in [-0.4, -0.2) is 47.9 Å². The summed E-state index contributed by atoms with van der Waals surface area (Å²) < 4.78 is 13.1. The van der Waals surface area contributed by atoms with Gasteiger partial charge in [0.15, 0.2) is 0 Å². The summed E-state index contributed by atoms with van der Waals surface area (Å²) in [5.41, 5.74) is 1.12. The number of carbonyl (C=O) groups excluding carboxylic acids is 1. The fourth-order valence-electron chi connectivity index (χ4n) is 5.52. The van der Waals surface area contributed by atoms with Crippen molar-refractivity contribution in [3.63, 3.8) is 0 Å². The van der Waals surface area contributed by atoms with Crippen LogP contribution in [0.15, 0.2) is 24.3 Å². The maximum absolute atomic E-state index is 13.1. The zero-order valence-electron chi connectivity index (χ0n) is 14.0. The lowest BCUT2D eigenvalue weighted by atomic mass is 9.90. The summed E-state index contributed by atoms with van der Waals surface area (Å²) >= 11 is 0. The first kappa shape index (κ1) is 14.9. The Morgan fingerprint density at radius 1 is 1.08 bits per heavy atom. The van der Waals surface area contributed by atoms with Crippen molar-refractivity contribution in [1.29, 1.82) is 0 Å². The number of rotatable bonds is 2. The molecule has 5 atom stereocenters. The van der Waals surface area contributed by atoms with E-state index in [0.717, 1.165) is 31.1 Å². The number of nitrogens with zero attached hydrogens (tertiary/aromatic N) is 2. The number of piperidine rings is 1. The molecule has 0 radical (unpaired) electrons. The monoisotopic (exact) mass is 328 g/mol. The third-order valence-corrected chi connectivity index (χ3v) is 6.84. The zero-order chi connectivity index (χ0) is 16.3. The van der Waals surface area contributed by atoms with Crippen molar-refractivity contribution in [1.82, 2.24) is 9.80 Å². The molecule has 0 spiro atoms. The second-order valence-corrected chi connectivity index (χ2v) is 8.23. The fraction of sp³-hybridized carbons (Fsp3) is 0.650. The molecule has 1 aromatic rings. The molecule has 5 rings (SSSR count). The van der Waals surface area contributed by atoms with Gasteiger partial charge in [-0.1, -0.05) is 18.6 Å². The largest absolute Gasteiger partial charge is 0.342 e. The van der Waals surface area contributed by atoms with Crippen molar-refractivity contribution in [2.45, 2.75) is 37.6 Å². The second-order valence-electron chi connectivity index (χ2n) is 8.23. The van der Waals surface area contributed by atoms with Crippen molar-refractivity contribution >= 4 is 5.91 Å². The van der Waals surface area contributed by atoms with E-state index in [-0.39, 0.29) is 11.7 Å². The van der Waals surface area contributed by atoms with Crippen LogP contribution in [0, 0.1) is 23.6 Å². The molecule has 3 saturated heterocycles. The van der Waals surface area contributed by atoms with Crippen LogP contribution in [0.1, 0.15) is 37.2 Å². The summed E-state index contributed by atoms with van der Waals surface area (Å²) in [6.45, 7) is 4.40. The highest BCUT2D eigenvalue weighted by molar-refractivity contribution is 5.83. The van der Waals surface area contributed by atoms with E-state index in [1.165, 1.54) is 44.5 Å². The number of carbonyl (C=O) groups is 1. The molecule has 3 nitrogen and oxygen atoms in total. The highest BCUT2D eigenvalue weighted by atomic mass is 19.1. The molecule has 1 amide bonds. The molecule has 0 unspecified atom stereocenters. The Morgan fingerprint density at radius 2 is 1.92 bits per heavy atom. The Labute approximate surface area is 142 Å². The molecule has 24 heavy (non-hydrogen) atoms. The maximum atomic E-state index is 13.1. The number of benzene rings is 1. The Balaban J connectivity index is 1.23. The smallest absolute Gasteiger partial charge is 0.226 e. The summed E-state index contributed by atoms with van der Waals surface area (Å²) in [7, 11) is 0. The topological polar surface area (TPSA) is 23.6 Å². The zero-order valence-corrected chi connectivity index (χ0v) is 14.0. The van der Waals surface area contributed by atoms with E-state index in [0.29, 0.717) is 23.7 Å². The van der Waals surface area contributed by atoms with Crippen molar-refractivity contribution in [3.8, 4) is 0 Å².